The zero-order chi connectivity index (χ0) is 24.2. The standard InChI is InChI=1S/C20H11F3N10O2.H2/c21-20(22,23)15-14(8-30-32(15)17-13-1-4-34-18(13)27-10-26-17)19(9-35-19)31-12-5-11(6-24)16(25-7-12)33-28-2-3-29-33;/h1-5,7-8,10,31H,9H2;1H. The van der Waals surface area contributed by atoms with Gasteiger partial charge in [0.2, 0.25) is 5.71 Å². The minimum Gasteiger partial charge on any atom is -0.446 e. The van der Waals surface area contributed by atoms with E-state index in [2.05, 4.69) is 35.6 Å². The van der Waals surface area contributed by atoms with Crippen molar-refractivity contribution in [2.45, 2.75) is 11.9 Å². The second kappa shape index (κ2) is 7.33. The Morgan fingerprint density at radius 2 is 1.91 bits per heavy atom. The lowest BCUT2D eigenvalue weighted by atomic mass is 10.1. The van der Waals surface area contributed by atoms with Crippen LogP contribution in [0.15, 0.2) is 53.9 Å². The average Bonchev–Trinajstić information content (AvgIpc) is 3.30. The Labute approximate surface area is 194 Å². The quantitative estimate of drug-likeness (QED) is 0.371. The Bertz CT molecular complexity index is 1600. The summed E-state index contributed by atoms with van der Waals surface area (Å²) >= 11 is 0. The molecule has 12 nitrogen and oxygen atoms in total. The number of nitrogens with zero attached hydrogens (tertiary/aromatic N) is 9. The number of fused-ring (bicyclic) bond motifs is 1. The summed E-state index contributed by atoms with van der Waals surface area (Å²) in [5.74, 6) is 0.0770. The van der Waals surface area contributed by atoms with Crippen molar-refractivity contribution in [3.05, 3.63) is 66.3 Å². The molecule has 5 aromatic rings. The smallest absolute Gasteiger partial charge is 0.434 e. The Hall–Kier alpha value is -4.84. The number of halogens is 3. The van der Waals surface area contributed by atoms with Crippen molar-refractivity contribution in [2.75, 3.05) is 11.9 Å². The summed E-state index contributed by atoms with van der Waals surface area (Å²) in [6.45, 7) is -0.0724. The van der Waals surface area contributed by atoms with Crippen LogP contribution < -0.4 is 5.32 Å². The second-order valence-corrected chi connectivity index (χ2v) is 7.42. The van der Waals surface area contributed by atoms with Crippen molar-refractivity contribution in [3.63, 3.8) is 0 Å². The number of epoxide rings is 1. The SMILES string of the molecule is N#Cc1cc(NC2(c3cnn(-c4ncnc5occc45)c3C(F)(F)F)CO2)cnc1-n1nccn1.[HH]. The van der Waals surface area contributed by atoms with Gasteiger partial charge in [0.1, 0.15) is 24.6 Å². The van der Waals surface area contributed by atoms with E-state index in [1.165, 1.54) is 37.0 Å². The Balaban J connectivity index is 0.00000267. The number of aromatic nitrogens is 8. The van der Waals surface area contributed by atoms with Gasteiger partial charge in [-0.15, -0.1) is 4.80 Å². The maximum atomic E-state index is 14.3. The third-order valence-corrected chi connectivity index (χ3v) is 5.29. The number of nitriles is 1. The van der Waals surface area contributed by atoms with E-state index in [-0.39, 0.29) is 47.6 Å². The molecule has 1 atom stereocenters. The van der Waals surface area contributed by atoms with Crippen LogP contribution in [0, 0.1) is 11.3 Å². The largest absolute Gasteiger partial charge is 0.446 e. The molecule has 176 valence electrons. The molecule has 1 N–H and O–H groups in total. The number of nitrogens with one attached hydrogen (secondary N) is 1. The van der Waals surface area contributed by atoms with Crippen LogP contribution in [0.2, 0.25) is 0 Å². The van der Waals surface area contributed by atoms with Crippen LogP contribution in [0.5, 0.6) is 0 Å². The number of alkyl halides is 3. The van der Waals surface area contributed by atoms with Gasteiger partial charge in [0.25, 0.3) is 0 Å². The summed E-state index contributed by atoms with van der Waals surface area (Å²) in [6.07, 6.45) is 2.85. The minimum absolute atomic E-state index is 0. The van der Waals surface area contributed by atoms with Gasteiger partial charge in [0, 0.05) is 1.43 Å². The van der Waals surface area contributed by atoms with Crippen molar-refractivity contribution < 1.29 is 23.8 Å². The van der Waals surface area contributed by atoms with Gasteiger partial charge >= 0.3 is 6.18 Å². The molecule has 1 aliphatic rings. The Morgan fingerprint density at radius 3 is 2.63 bits per heavy atom. The molecule has 6 heterocycles. The molecule has 0 aromatic carbocycles. The van der Waals surface area contributed by atoms with Crippen molar-refractivity contribution in [1.29, 1.82) is 5.26 Å². The number of ether oxygens (including phenoxy) is 1. The van der Waals surface area contributed by atoms with E-state index in [1.807, 2.05) is 6.07 Å². The molecule has 35 heavy (non-hydrogen) atoms. The van der Waals surface area contributed by atoms with Gasteiger partial charge in [-0.2, -0.15) is 33.7 Å². The third kappa shape index (κ3) is 3.35. The highest BCUT2D eigenvalue weighted by molar-refractivity contribution is 5.80. The van der Waals surface area contributed by atoms with Crippen LogP contribution in [0.1, 0.15) is 18.2 Å². The van der Waals surface area contributed by atoms with Gasteiger partial charge in [0.15, 0.2) is 23.1 Å². The summed E-state index contributed by atoms with van der Waals surface area (Å²) in [5.41, 5.74) is -2.37. The minimum atomic E-state index is -4.81. The highest BCUT2D eigenvalue weighted by Crippen LogP contribution is 2.46. The molecule has 0 aliphatic carbocycles. The Morgan fingerprint density at radius 1 is 1.11 bits per heavy atom. The van der Waals surface area contributed by atoms with Crippen LogP contribution >= 0.6 is 0 Å². The lowest BCUT2D eigenvalue weighted by Crippen LogP contribution is -2.26. The average molecular weight is 482 g/mol. The van der Waals surface area contributed by atoms with Gasteiger partial charge in [-0.25, -0.2) is 19.6 Å². The number of anilines is 1. The van der Waals surface area contributed by atoms with E-state index < -0.39 is 17.6 Å². The highest BCUT2D eigenvalue weighted by atomic mass is 19.4. The van der Waals surface area contributed by atoms with Crippen molar-refractivity contribution in [1.82, 2.24) is 39.7 Å². The van der Waals surface area contributed by atoms with Crippen LogP contribution in [-0.2, 0) is 16.6 Å². The van der Waals surface area contributed by atoms with Gasteiger partial charge in [-0.05, 0) is 12.1 Å². The molecule has 5 aromatic heterocycles. The summed E-state index contributed by atoms with van der Waals surface area (Å²) in [5, 5.41) is 24.5. The molecule has 1 fully saturated rings. The first-order chi connectivity index (χ1) is 16.9. The predicted octanol–water partition coefficient (Wildman–Crippen LogP) is 2.82. The van der Waals surface area contributed by atoms with Crippen molar-refractivity contribution in [3.8, 4) is 17.7 Å². The van der Waals surface area contributed by atoms with E-state index in [9.17, 15) is 18.4 Å². The molecule has 1 aliphatic heterocycles. The third-order valence-electron chi connectivity index (χ3n) is 5.29. The van der Waals surface area contributed by atoms with E-state index in [1.54, 1.807) is 0 Å². The molecule has 0 bridgehead atoms. The summed E-state index contributed by atoms with van der Waals surface area (Å²) in [7, 11) is 0. The highest BCUT2D eigenvalue weighted by Gasteiger charge is 2.54. The maximum Gasteiger partial charge on any atom is 0.434 e. The second-order valence-electron chi connectivity index (χ2n) is 7.42. The molecule has 0 saturated carbocycles. The van der Waals surface area contributed by atoms with Crippen LogP contribution in [0.3, 0.4) is 0 Å². The van der Waals surface area contributed by atoms with Crippen LogP contribution in [0.25, 0.3) is 22.7 Å². The van der Waals surface area contributed by atoms with E-state index in [0.29, 0.717) is 4.68 Å². The number of furan rings is 1. The fraction of sp³-hybridized carbons (Fsp3) is 0.150. The fourth-order valence-electron chi connectivity index (χ4n) is 3.72. The molecule has 0 amide bonds. The molecule has 6 rings (SSSR count). The first-order valence-corrected chi connectivity index (χ1v) is 9.93. The predicted molar refractivity (Wildman–Crippen MR) is 111 cm³/mol. The van der Waals surface area contributed by atoms with Gasteiger partial charge in [0.05, 0.1) is 47.7 Å². The monoisotopic (exact) mass is 482 g/mol. The number of pyridine rings is 1. The first-order valence-electron chi connectivity index (χ1n) is 9.93. The number of hydrogen-bond donors (Lipinski definition) is 1. The van der Waals surface area contributed by atoms with Gasteiger partial charge < -0.3 is 14.5 Å². The first kappa shape index (κ1) is 20.7. The lowest BCUT2D eigenvalue weighted by Gasteiger charge is -2.18. The summed E-state index contributed by atoms with van der Waals surface area (Å²) < 4.78 is 54.2. The maximum absolute atomic E-state index is 14.3. The molecule has 1 unspecified atom stereocenters. The zero-order valence-electron chi connectivity index (χ0n) is 17.3. The molecular weight excluding hydrogens is 469 g/mol. The van der Waals surface area contributed by atoms with E-state index in [0.717, 1.165) is 17.3 Å². The van der Waals surface area contributed by atoms with E-state index >= 15 is 0 Å². The van der Waals surface area contributed by atoms with Crippen LogP contribution in [0.4, 0.5) is 18.9 Å². The zero-order valence-corrected chi connectivity index (χ0v) is 17.3. The Kier molecular flexibility index (Phi) is 4.35. The summed E-state index contributed by atoms with van der Waals surface area (Å²) in [6, 6.07) is 4.86. The lowest BCUT2D eigenvalue weighted by molar-refractivity contribution is -0.144. The molecule has 15 heteroatoms. The number of rotatable bonds is 5. The molecular formula is C20H13F3N10O2. The normalized spacial score (nSPS) is 17.4. The fourth-order valence-corrected chi connectivity index (χ4v) is 3.72. The number of hydrogen-bond acceptors (Lipinski definition) is 10. The van der Waals surface area contributed by atoms with Crippen molar-refractivity contribution >= 4 is 16.8 Å². The molecule has 0 spiro atoms. The molecule has 1 saturated heterocycles. The topological polar surface area (TPSA) is 149 Å². The van der Waals surface area contributed by atoms with E-state index in [4.69, 9.17) is 9.15 Å². The van der Waals surface area contributed by atoms with Crippen LogP contribution in [-0.4, -0.2) is 46.3 Å². The molecule has 0 radical (unpaired) electrons. The van der Waals surface area contributed by atoms with Crippen molar-refractivity contribution in [2.24, 2.45) is 0 Å². The van der Waals surface area contributed by atoms with Gasteiger partial charge in [-0.3, -0.25) is 0 Å². The van der Waals surface area contributed by atoms with Gasteiger partial charge in [-0.1, -0.05) is 0 Å². The summed E-state index contributed by atoms with van der Waals surface area (Å²) in [4.78, 5) is 13.2.